The number of amides is 1. The van der Waals surface area contributed by atoms with Crippen LogP contribution in [0.4, 0.5) is 0 Å². The zero-order valence-electron chi connectivity index (χ0n) is 12.5. The summed E-state index contributed by atoms with van der Waals surface area (Å²) >= 11 is 6.07. The second-order valence-electron chi connectivity index (χ2n) is 5.62. The topological polar surface area (TPSA) is 74.2 Å². The van der Waals surface area contributed by atoms with Crippen LogP contribution in [0.15, 0.2) is 48.8 Å². The molecule has 1 aromatic carbocycles. The van der Waals surface area contributed by atoms with Gasteiger partial charge in [-0.2, -0.15) is 0 Å². The van der Waals surface area contributed by atoms with Gasteiger partial charge in [-0.1, -0.05) is 41.9 Å². The number of pyridine rings is 1. The molecule has 1 fully saturated rings. The number of nitrogens with zero attached hydrogens (tertiary/aromatic N) is 1. The van der Waals surface area contributed by atoms with Crippen molar-refractivity contribution < 1.29 is 9.90 Å². The van der Waals surface area contributed by atoms with Gasteiger partial charge in [0.15, 0.2) is 0 Å². The van der Waals surface area contributed by atoms with Crippen LogP contribution in [0.2, 0.25) is 5.02 Å². The summed E-state index contributed by atoms with van der Waals surface area (Å²) in [6, 6.07) is 11.1. The van der Waals surface area contributed by atoms with Crippen LogP contribution in [0.1, 0.15) is 22.3 Å². The van der Waals surface area contributed by atoms with Crippen LogP contribution in [0, 0.1) is 0 Å². The van der Waals surface area contributed by atoms with Crippen molar-refractivity contribution in [2.75, 3.05) is 13.1 Å². The Morgan fingerprint density at radius 3 is 2.83 bits per heavy atom. The largest absolute Gasteiger partial charge is 0.389 e. The molecule has 0 unspecified atom stereocenters. The number of hydrogen-bond acceptors (Lipinski definition) is 4. The second kappa shape index (κ2) is 6.66. The van der Waals surface area contributed by atoms with Gasteiger partial charge in [-0.05, 0) is 24.6 Å². The Balaban J connectivity index is 1.97. The Bertz CT molecular complexity index is 695. The molecule has 6 heteroatoms. The van der Waals surface area contributed by atoms with E-state index >= 15 is 0 Å². The molecule has 0 spiro atoms. The first-order chi connectivity index (χ1) is 11.1. The minimum absolute atomic E-state index is 0.289. The monoisotopic (exact) mass is 331 g/mol. The number of piperidine rings is 1. The van der Waals surface area contributed by atoms with E-state index in [9.17, 15) is 9.90 Å². The molecule has 0 saturated carbocycles. The van der Waals surface area contributed by atoms with Crippen molar-refractivity contribution in [2.45, 2.75) is 18.1 Å². The normalized spacial score (nSPS) is 24.2. The predicted molar refractivity (Wildman–Crippen MR) is 88.3 cm³/mol. The van der Waals surface area contributed by atoms with Gasteiger partial charge in [-0.15, -0.1) is 0 Å². The lowest BCUT2D eigenvalue weighted by Gasteiger charge is -2.43. The first-order valence-corrected chi connectivity index (χ1v) is 7.87. The molecule has 0 bridgehead atoms. The maximum absolute atomic E-state index is 12.7. The van der Waals surface area contributed by atoms with Gasteiger partial charge in [0.2, 0.25) is 0 Å². The number of benzene rings is 1. The first-order valence-electron chi connectivity index (χ1n) is 7.50. The molecule has 0 aliphatic carbocycles. The van der Waals surface area contributed by atoms with Gasteiger partial charge in [0.25, 0.3) is 5.91 Å². The van der Waals surface area contributed by atoms with Crippen molar-refractivity contribution in [3.8, 4) is 0 Å². The van der Waals surface area contributed by atoms with Crippen molar-refractivity contribution in [2.24, 2.45) is 0 Å². The van der Waals surface area contributed by atoms with Crippen LogP contribution in [0.5, 0.6) is 0 Å². The zero-order valence-corrected chi connectivity index (χ0v) is 13.3. The molecule has 3 rings (SSSR count). The van der Waals surface area contributed by atoms with E-state index in [0.29, 0.717) is 25.1 Å². The van der Waals surface area contributed by atoms with Gasteiger partial charge in [-0.25, -0.2) is 0 Å². The highest BCUT2D eigenvalue weighted by Gasteiger charge is 2.43. The van der Waals surface area contributed by atoms with Gasteiger partial charge >= 0.3 is 0 Å². The van der Waals surface area contributed by atoms with E-state index in [1.54, 1.807) is 6.07 Å². The van der Waals surface area contributed by atoms with Crippen LogP contribution < -0.4 is 10.6 Å². The molecule has 3 N–H and O–H groups in total. The summed E-state index contributed by atoms with van der Waals surface area (Å²) in [5.41, 5.74) is 0.395. The molecule has 1 amide bonds. The summed E-state index contributed by atoms with van der Waals surface area (Å²) in [5.74, 6) is -0.317. The van der Waals surface area contributed by atoms with Gasteiger partial charge in [0, 0.05) is 18.9 Å². The standard InChI is InChI=1S/C17H18ClN3O2/c18-14-10-19-8-6-13(14)16(23)21-17(7-9-20-11-15(17)22)12-4-2-1-3-5-12/h1-6,8,10,15,20,22H,7,9,11H2,(H,21,23)/t15-,17-/m1/s1. The number of carbonyl (C=O) groups is 1. The highest BCUT2D eigenvalue weighted by Crippen LogP contribution is 2.31. The maximum atomic E-state index is 12.7. The lowest BCUT2D eigenvalue weighted by atomic mass is 9.79. The number of aromatic nitrogens is 1. The van der Waals surface area contributed by atoms with Crippen LogP contribution in [-0.2, 0) is 5.54 Å². The number of hydrogen-bond donors (Lipinski definition) is 3. The van der Waals surface area contributed by atoms with E-state index in [1.807, 2.05) is 30.3 Å². The fourth-order valence-electron chi connectivity index (χ4n) is 2.98. The molecule has 1 aliphatic rings. The first kappa shape index (κ1) is 15.9. The van der Waals surface area contributed by atoms with E-state index in [2.05, 4.69) is 15.6 Å². The summed E-state index contributed by atoms with van der Waals surface area (Å²) in [7, 11) is 0. The van der Waals surface area contributed by atoms with Gasteiger partial charge in [-0.3, -0.25) is 9.78 Å². The number of rotatable bonds is 3. The van der Waals surface area contributed by atoms with Crippen molar-refractivity contribution in [3.63, 3.8) is 0 Å². The summed E-state index contributed by atoms with van der Waals surface area (Å²) in [5, 5.41) is 17.1. The van der Waals surface area contributed by atoms with E-state index in [4.69, 9.17) is 11.6 Å². The smallest absolute Gasteiger partial charge is 0.253 e. The SMILES string of the molecule is O=C(N[C@@]1(c2ccccc2)CCNC[C@H]1O)c1ccncc1Cl. The molecule has 2 heterocycles. The molecule has 5 nitrogen and oxygen atoms in total. The van der Waals surface area contributed by atoms with Crippen LogP contribution in [0.25, 0.3) is 0 Å². The van der Waals surface area contributed by atoms with Crippen molar-refractivity contribution >= 4 is 17.5 Å². The van der Waals surface area contributed by atoms with Gasteiger partial charge < -0.3 is 15.7 Å². The second-order valence-corrected chi connectivity index (χ2v) is 6.02. The highest BCUT2D eigenvalue weighted by molar-refractivity contribution is 6.33. The molecule has 2 aromatic rings. The number of carbonyl (C=O) groups excluding carboxylic acids is 1. The summed E-state index contributed by atoms with van der Waals surface area (Å²) in [6.07, 6.45) is 2.81. The summed E-state index contributed by atoms with van der Waals surface area (Å²) in [6.45, 7) is 1.12. The molecule has 0 radical (unpaired) electrons. The Labute approximate surface area is 139 Å². The number of halogens is 1. The zero-order chi connectivity index (χ0) is 16.3. The van der Waals surface area contributed by atoms with Crippen LogP contribution in [0.3, 0.4) is 0 Å². The minimum Gasteiger partial charge on any atom is -0.389 e. The molecular formula is C17H18ClN3O2. The Kier molecular flexibility index (Phi) is 4.61. The predicted octanol–water partition coefficient (Wildman–Crippen LogP) is 1.71. The lowest BCUT2D eigenvalue weighted by Crippen LogP contribution is -2.61. The Hall–Kier alpha value is -1.95. The number of aliphatic hydroxyl groups is 1. The third-order valence-electron chi connectivity index (χ3n) is 4.25. The average Bonchev–Trinajstić information content (AvgIpc) is 2.58. The molecule has 1 saturated heterocycles. The number of nitrogens with one attached hydrogen (secondary N) is 2. The number of β-amino-alcohol motifs (C(OH)–C–C–N with tert-alkyl or cyclic N) is 1. The Morgan fingerprint density at radius 1 is 1.35 bits per heavy atom. The van der Waals surface area contributed by atoms with E-state index < -0.39 is 11.6 Å². The highest BCUT2D eigenvalue weighted by atomic mass is 35.5. The van der Waals surface area contributed by atoms with E-state index in [1.165, 1.54) is 12.4 Å². The van der Waals surface area contributed by atoms with Crippen molar-refractivity contribution in [1.82, 2.24) is 15.6 Å². The maximum Gasteiger partial charge on any atom is 0.253 e. The van der Waals surface area contributed by atoms with E-state index in [-0.39, 0.29) is 10.9 Å². The molecule has 23 heavy (non-hydrogen) atoms. The molecule has 1 aliphatic heterocycles. The van der Waals surface area contributed by atoms with Crippen LogP contribution >= 0.6 is 11.6 Å². The number of aliphatic hydroxyl groups excluding tert-OH is 1. The van der Waals surface area contributed by atoms with Crippen molar-refractivity contribution in [3.05, 3.63) is 64.9 Å². The third kappa shape index (κ3) is 3.08. The summed E-state index contributed by atoms with van der Waals surface area (Å²) in [4.78, 5) is 16.6. The summed E-state index contributed by atoms with van der Waals surface area (Å²) < 4.78 is 0. The van der Waals surface area contributed by atoms with Gasteiger partial charge in [0.05, 0.1) is 22.2 Å². The third-order valence-corrected chi connectivity index (χ3v) is 4.55. The minimum atomic E-state index is -0.837. The lowest BCUT2D eigenvalue weighted by molar-refractivity contribution is 0.0290. The fraction of sp³-hybridized carbons (Fsp3) is 0.294. The quantitative estimate of drug-likeness (QED) is 0.800. The van der Waals surface area contributed by atoms with Gasteiger partial charge in [0.1, 0.15) is 0 Å². The average molecular weight is 332 g/mol. The molecule has 1 aromatic heterocycles. The van der Waals surface area contributed by atoms with Crippen LogP contribution in [-0.4, -0.2) is 35.2 Å². The Morgan fingerprint density at radius 2 is 2.13 bits per heavy atom. The van der Waals surface area contributed by atoms with Crippen molar-refractivity contribution in [1.29, 1.82) is 0 Å². The molecular weight excluding hydrogens is 314 g/mol. The fourth-order valence-corrected chi connectivity index (χ4v) is 3.19. The molecule has 120 valence electrons. The van der Waals surface area contributed by atoms with E-state index in [0.717, 1.165) is 5.56 Å². The molecule has 2 atom stereocenters.